The Balaban J connectivity index is 1.38. The lowest BCUT2D eigenvalue weighted by Crippen LogP contribution is -2.46. The third kappa shape index (κ3) is 6.34. The van der Waals surface area contributed by atoms with Crippen LogP contribution < -0.4 is 10.2 Å². The number of amides is 1. The van der Waals surface area contributed by atoms with Gasteiger partial charge in [-0.15, -0.1) is 0 Å². The number of carbonyl (C=O) groups excluding carboxylic acids is 1. The number of carbonyl (C=O) groups is 1. The number of rotatable bonds is 5. The Morgan fingerprint density at radius 1 is 0.833 bits per heavy atom. The highest BCUT2D eigenvalue weighted by Crippen LogP contribution is 2.36. The summed E-state index contributed by atoms with van der Waals surface area (Å²) in [6, 6.07) is 13.2. The fraction of sp³-hybridized carbons (Fsp3) is 0.280. The predicted molar refractivity (Wildman–Crippen MR) is 123 cm³/mol. The Kier molecular flexibility index (Phi) is 7.21. The summed E-state index contributed by atoms with van der Waals surface area (Å²) in [5.74, 6) is -0.134. The molecule has 11 heteroatoms. The molecule has 1 aliphatic rings. The molecule has 3 aromatic rings. The second kappa shape index (κ2) is 10.2. The summed E-state index contributed by atoms with van der Waals surface area (Å²) in [6.45, 7) is 3.95. The summed E-state index contributed by atoms with van der Waals surface area (Å²) in [4.78, 5) is 21.3. The van der Waals surface area contributed by atoms with Gasteiger partial charge in [-0.05, 0) is 48.0 Å². The van der Waals surface area contributed by atoms with Crippen LogP contribution in [0.15, 0.2) is 66.9 Å². The molecule has 1 amide bonds. The molecule has 0 aliphatic carbocycles. The van der Waals surface area contributed by atoms with Crippen LogP contribution in [0.2, 0.25) is 0 Å². The van der Waals surface area contributed by atoms with Gasteiger partial charge in [0, 0.05) is 50.2 Å². The average molecular weight is 508 g/mol. The Bertz CT molecular complexity index is 1160. The van der Waals surface area contributed by atoms with Crippen LogP contribution in [0.1, 0.15) is 27.0 Å². The minimum atomic E-state index is -5.03. The number of alkyl halides is 6. The second-order valence-corrected chi connectivity index (χ2v) is 8.40. The van der Waals surface area contributed by atoms with Crippen LogP contribution in [-0.4, -0.2) is 42.0 Å². The molecule has 5 nitrogen and oxygen atoms in total. The van der Waals surface area contributed by atoms with Gasteiger partial charge in [-0.3, -0.25) is 9.69 Å². The number of aromatic nitrogens is 1. The first-order valence-corrected chi connectivity index (χ1v) is 11.1. The Labute approximate surface area is 203 Å². The molecule has 0 spiro atoms. The Morgan fingerprint density at radius 2 is 1.44 bits per heavy atom. The molecule has 190 valence electrons. The van der Waals surface area contributed by atoms with Crippen LogP contribution in [-0.2, 0) is 18.9 Å². The first-order valence-electron chi connectivity index (χ1n) is 11.1. The minimum absolute atomic E-state index is 0.0121. The quantitative estimate of drug-likeness (QED) is 0.450. The SMILES string of the molecule is O=C(Nc1ccc(CN2CCN(c3ccccn3)CC2)cc1)c1cc(C(F)(F)F)cc(C(F)(F)F)c1. The highest BCUT2D eigenvalue weighted by molar-refractivity contribution is 6.04. The van der Waals surface area contributed by atoms with Crippen LogP contribution in [0.3, 0.4) is 0 Å². The van der Waals surface area contributed by atoms with E-state index >= 15 is 0 Å². The van der Waals surface area contributed by atoms with Crippen molar-refractivity contribution in [3.8, 4) is 0 Å². The Hall–Kier alpha value is -3.60. The van der Waals surface area contributed by atoms with E-state index in [1.165, 1.54) is 0 Å². The van der Waals surface area contributed by atoms with Gasteiger partial charge in [0.25, 0.3) is 5.91 Å². The van der Waals surface area contributed by atoms with Crippen LogP contribution in [0.25, 0.3) is 0 Å². The number of hydrogen-bond donors (Lipinski definition) is 1. The molecule has 36 heavy (non-hydrogen) atoms. The van der Waals surface area contributed by atoms with E-state index in [1.54, 1.807) is 30.5 Å². The summed E-state index contributed by atoms with van der Waals surface area (Å²) in [5, 5.41) is 2.37. The molecule has 0 saturated carbocycles. The molecule has 1 aromatic heterocycles. The van der Waals surface area contributed by atoms with Gasteiger partial charge in [-0.2, -0.15) is 26.3 Å². The molecule has 0 bridgehead atoms. The first-order chi connectivity index (χ1) is 17.0. The lowest BCUT2D eigenvalue weighted by atomic mass is 10.0. The summed E-state index contributed by atoms with van der Waals surface area (Å²) in [7, 11) is 0. The molecule has 0 atom stereocenters. The van der Waals surface area contributed by atoms with Crippen molar-refractivity contribution in [2.75, 3.05) is 36.4 Å². The molecule has 1 fully saturated rings. The van der Waals surface area contributed by atoms with E-state index in [2.05, 4.69) is 20.1 Å². The van der Waals surface area contributed by atoms with E-state index in [9.17, 15) is 31.1 Å². The third-order valence-corrected chi connectivity index (χ3v) is 5.81. The van der Waals surface area contributed by atoms with E-state index < -0.39 is 35.0 Å². The molecule has 4 rings (SSSR count). The Morgan fingerprint density at radius 3 is 1.97 bits per heavy atom. The average Bonchev–Trinajstić information content (AvgIpc) is 2.85. The summed E-state index contributed by atoms with van der Waals surface area (Å²) in [5.41, 5.74) is -2.60. The lowest BCUT2D eigenvalue weighted by molar-refractivity contribution is -0.143. The van der Waals surface area contributed by atoms with Gasteiger partial charge in [-0.1, -0.05) is 18.2 Å². The highest BCUT2D eigenvalue weighted by Gasteiger charge is 2.37. The normalized spacial score (nSPS) is 15.1. The van der Waals surface area contributed by atoms with Crippen LogP contribution >= 0.6 is 0 Å². The van der Waals surface area contributed by atoms with Crippen molar-refractivity contribution in [2.24, 2.45) is 0 Å². The lowest BCUT2D eigenvalue weighted by Gasteiger charge is -2.35. The molecular formula is C25H22F6N4O. The zero-order valence-electron chi connectivity index (χ0n) is 18.9. The number of nitrogens with one attached hydrogen (secondary N) is 1. The van der Waals surface area contributed by atoms with Gasteiger partial charge in [0.2, 0.25) is 0 Å². The van der Waals surface area contributed by atoms with Crippen molar-refractivity contribution >= 4 is 17.4 Å². The molecule has 2 aromatic carbocycles. The molecule has 1 aliphatic heterocycles. The maximum atomic E-state index is 13.1. The maximum absolute atomic E-state index is 13.1. The molecular weight excluding hydrogens is 486 g/mol. The van der Waals surface area contributed by atoms with Gasteiger partial charge < -0.3 is 10.2 Å². The fourth-order valence-electron chi connectivity index (χ4n) is 3.92. The molecule has 1 N–H and O–H groups in total. The summed E-state index contributed by atoms with van der Waals surface area (Å²) in [6.07, 6.45) is -8.30. The van der Waals surface area contributed by atoms with E-state index in [1.807, 2.05) is 18.2 Å². The number of pyridine rings is 1. The predicted octanol–water partition coefficient (Wildman–Crippen LogP) is 5.69. The van der Waals surface area contributed by atoms with Gasteiger partial charge in [0.1, 0.15) is 5.82 Å². The number of halogens is 6. The number of piperazine rings is 1. The first kappa shape index (κ1) is 25.5. The number of anilines is 2. The van der Waals surface area contributed by atoms with Crippen LogP contribution in [0.4, 0.5) is 37.8 Å². The molecule has 0 unspecified atom stereocenters. The van der Waals surface area contributed by atoms with Crippen molar-refractivity contribution < 1.29 is 31.1 Å². The monoisotopic (exact) mass is 508 g/mol. The molecule has 2 heterocycles. The van der Waals surface area contributed by atoms with Crippen LogP contribution in [0.5, 0.6) is 0 Å². The second-order valence-electron chi connectivity index (χ2n) is 8.40. The van der Waals surface area contributed by atoms with E-state index in [-0.39, 0.29) is 11.8 Å². The molecule has 1 saturated heterocycles. The largest absolute Gasteiger partial charge is 0.416 e. The van der Waals surface area contributed by atoms with Gasteiger partial charge in [0.15, 0.2) is 0 Å². The minimum Gasteiger partial charge on any atom is -0.354 e. The van der Waals surface area contributed by atoms with E-state index in [0.29, 0.717) is 18.7 Å². The molecule has 0 radical (unpaired) electrons. The fourth-order valence-corrected chi connectivity index (χ4v) is 3.92. The van der Waals surface area contributed by atoms with Crippen molar-refractivity contribution in [1.29, 1.82) is 0 Å². The standard InChI is InChI=1S/C25H22F6N4O/c26-24(27,28)19-13-18(14-20(15-19)25(29,30)31)23(36)33-21-6-4-17(5-7-21)16-34-9-11-35(12-10-34)22-3-1-2-8-32-22/h1-8,13-15H,9-12,16H2,(H,33,36). The summed E-state index contributed by atoms with van der Waals surface area (Å²) >= 11 is 0. The maximum Gasteiger partial charge on any atom is 0.416 e. The summed E-state index contributed by atoms with van der Waals surface area (Å²) < 4.78 is 78.4. The zero-order chi connectivity index (χ0) is 25.9. The van der Waals surface area contributed by atoms with E-state index in [4.69, 9.17) is 0 Å². The van der Waals surface area contributed by atoms with E-state index in [0.717, 1.165) is 37.6 Å². The zero-order valence-corrected chi connectivity index (χ0v) is 18.9. The number of nitrogens with zero attached hydrogens (tertiary/aromatic N) is 3. The van der Waals surface area contributed by atoms with Crippen molar-refractivity contribution in [3.05, 3.63) is 89.1 Å². The smallest absolute Gasteiger partial charge is 0.354 e. The third-order valence-electron chi connectivity index (χ3n) is 5.81. The number of hydrogen-bond acceptors (Lipinski definition) is 4. The van der Waals surface area contributed by atoms with Crippen molar-refractivity contribution in [3.63, 3.8) is 0 Å². The topological polar surface area (TPSA) is 48.5 Å². The number of benzene rings is 2. The van der Waals surface area contributed by atoms with Crippen molar-refractivity contribution in [1.82, 2.24) is 9.88 Å². The van der Waals surface area contributed by atoms with Gasteiger partial charge >= 0.3 is 12.4 Å². The van der Waals surface area contributed by atoms with Gasteiger partial charge in [-0.25, -0.2) is 4.98 Å². The van der Waals surface area contributed by atoms with Crippen LogP contribution in [0, 0.1) is 0 Å². The highest BCUT2D eigenvalue weighted by atomic mass is 19.4. The van der Waals surface area contributed by atoms with Gasteiger partial charge in [0.05, 0.1) is 11.1 Å². The van der Waals surface area contributed by atoms with Crippen molar-refractivity contribution in [2.45, 2.75) is 18.9 Å².